The predicted molar refractivity (Wildman–Crippen MR) is 285 cm³/mol. The number of carbonyl (C=O) groups is 9. The third-order valence-electron chi connectivity index (χ3n) is 13.5. The lowest BCUT2D eigenvalue weighted by Gasteiger charge is -2.41. The van der Waals surface area contributed by atoms with Crippen molar-refractivity contribution < 1.29 is 92.7 Å². The lowest BCUT2D eigenvalue weighted by molar-refractivity contribution is -0.316. The zero-order chi connectivity index (χ0) is 61.2. The second-order valence-corrected chi connectivity index (χ2v) is 21.5. The highest BCUT2D eigenvalue weighted by atomic mass is 16.7. The zero-order valence-electron chi connectivity index (χ0n) is 48.3. The van der Waals surface area contributed by atoms with E-state index in [2.05, 4.69) is 42.5 Å². The zero-order valence-corrected chi connectivity index (χ0v) is 48.3. The Labute approximate surface area is 466 Å². The molecule has 2 heterocycles. The number of likely N-dealkylation sites (N-methyl/N-ethyl adjacent to an activating group) is 1. The van der Waals surface area contributed by atoms with Crippen LogP contribution in [-0.2, 0) is 62.1 Å². The molecule has 16 N–H and O–H groups in total. The van der Waals surface area contributed by atoms with E-state index in [9.17, 15) is 73.8 Å². The van der Waals surface area contributed by atoms with Gasteiger partial charge in [-0.3, -0.25) is 43.2 Å². The highest BCUT2D eigenvalue weighted by Crippen LogP contribution is 2.25. The van der Waals surface area contributed by atoms with E-state index in [0.717, 1.165) is 0 Å². The molecule has 0 saturated carbocycles. The van der Waals surface area contributed by atoms with Crippen LogP contribution < -0.4 is 48.3 Å². The maximum atomic E-state index is 14.2. The summed E-state index contributed by atoms with van der Waals surface area (Å²) < 4.78 is 23.0. The van der Waals surface area contributed by atoms with Gasteiger partial charge < -0.3 is 103 Å². The van der Waals surface area contributed by atoms with Gasteiger partial charge in [0.25, 0.3) is 5.91 Å². The monoisotopic (exact) mass is 1150 g/mol. The molecule has 2 aliphatic heterocycles. The molecule has 16 unspecified atom stereocenters. The normalized spacial score (nSPS) is 23.4. The van der Waals surface area contributed by atoms with Crippen molar-refractivity contribution in [1.82, 2.24) is 47.4 Å². The topological polar surface area (TPSA) is 437 Å². The Morgan fingerprint density at radius 1 is 0.675 bits per heavy atom. The van der Waals surface area contributed by atoms with Gasteiger partial charge in [0.1, 0.15) is 78.4 Å². The van der Waals surface area contributed by atoms with Crippen LogP contribution >= 0.6 is 0 Å². The van der Waals surface area contributed by atoms with Crippen molar-refractivity contribution in [3.05, 3.63) is 11.3 Å². The van der Waals surface area contributed by atoms with Crippen LogP contribution in [0.4, 0.5) is 0 Å². The molecule has 17 atom stereocenters. The van der Waals surface area contributed by atoms with E-state index in [-0.39, 0.29) is 18.7 Å². The van der Waals surface area contributed by atoms with Crippen molar-refractivity contribution in [3.63, 3.8) is 0 Å². The second-order valence-electron chi connectivity index (χ2n) is 21.5. The van der Waals surface area contributed by atoms with Crippen LogP contribution in [0, 0.1) is 17.8 Å². The summed E-state index contributed by atoms with van der Waals surface area (Å²) >= 11 is 0. The third kappa shape index (κ3) is 20.2. The van der Waals surface area contributed by atoms with Gasteiger partial charge in [-0.2, -0.15) is 0 Å². The number of nitrogens with one attached hydrogen (secondary N) is 8. The van der Waals surface area contributed by atoms with Crippen molar-refractivity contribution in [2.45, 2.75) is 206 Å². The average Bonchev–Trinajstić information content (AvgIpc) is 3.90. The maximum absolute atomic E-state index is 14.2. The third-order valence-corrected chi connectivity index (χ3v) is 13.5. The van der Waals surface area contributed by atoms with Crippen molar-refractivity contribution in [1.29, 1.82) is 0 Å². The number of allylic oxidation sites excluding steroid dienone is 1. The molecule has 0 radical (unpaired) electrons. The first kappa shape index (κ1) is 70.6. The van der Waals surface area contributed by atoms with Gasteiger partial charge in [-0.1, -0.05) is 41.5 Å². The molecule has 2 rings (SSSR count). The smallest absolute Gasteiger partial charge is 0.325 e. The molecule has 8 amide bonds. The molecule has 0 aliphatic carbocycles. The SMILES string of the molecule is CNC(COC(OC(C)CO)C(N)C(C)OC1OC(CO)C(O)C(O)C1O)C(=O)NC(C(=O)N1CCCC1C(=O)NC(C)C(=O)NC(C)C(=O)NC(C(=O)N[C@H](C(=O)NC(C(=O)NC(C)C(=O)O)=C(C)C)C(C)C)C(C)C)C(C)C. The summed E-state index contributed by atoms with van der Waals surface area (Å²) in [5, 5.41) is 80.1. The number of nitrogens with zero attached hydrogens (tertiary/aromatic N) is 1. The Morgan fingerprint density at radius 2 is 1.21 bits per heavy atom. The van der Waals surface area contributed by atoms with Crippen molar-refractivity contribution in [3.8, 4) is 0 Å². The Morgan fingerprint density at radius 3 is 1.74 bits per heavy atom. The summed E-state index contributed by atoms with van der Waals surface area (Å²) in [5.74, 6) is -8.75. The van der Waals surface area contributed by atoms with Crippen molar-refractivity contribution in [2.24, 2.45) is 23.5 Å². The number of carbonyl (C=O) groups excluding carboxylic acids is 8. The molecule has 0 aromatic heterocycles. The van der Waals surface area contributed by atoms with Gasteiger partial charge in [0.15, 0.2) is 12.6 Å². The second kappa shape index (κ2) is 32.8. The number of aliphatic hydroxyl groups is 5. The minimum Gasteiger partial charge on any atom is -0.480 e. The fourth-order valence-electron chi connectivity index (χ4n) is 8.26. The van der Waals surface area contributed by atoms with Gasteiger partial charge in [0, 0.05) is 6.54 Å². The van der Waals surface area contributed by atoms with Crippen LogP contribution in [0.15, 0.2) is 11.3 Å². The molecule has 0 aromatic rings. The van der Waals surface area contributed by atoms with Crippen molar-refractivity contribution >= 4 is 53.2 Å². The molecule has 29 nitrogen and oxygen atoms in total. The van der Waals surface area contributed by atoms with E-state index in [4.69, 9.17) is 24.7 Å². The minimum atomic E-state index is -1.73. The van der Waals surface area contributed by atoms with Crippen LogP contribution in [0.2, 0.25) is 0 Å². The van der Waals surface area contributed by atoms with E-state index in [1.165, 1.54) is 60.4 Å². The summed E-state index contributed by atoms with van der Waals surface area (Å²) in [4.78, 5) is 121. The molecule has 29 heteroatoms. The number of aliphatic hydroxyl groups excluding tert-OH is 5. The number of likely N-dealkylation sites (tertiary alicyclic amines) is 1. The first-order valence-electron chi connectivity index (χ1n) is 26.9. The van der Waals surface area contributed by atoms with Gasteiger partial charge in [-0.05, 0) is 91.7 Å². The fraction of sp³-hybridized carbons (Fsp3) is 0.784. The van der Waals surface area contributed by atoms with Gasteiger partial charge in [0.05, 0.1) is 38.1 Å². The molecule has 2 fully saturated rings. The number of hydrogen-bond acceptors (Lipinski definition) is 20. The Hall–Kier alpha value is -5.47. The summed E-state index contributed by atoms with van der Waals surface area (Å²) in [6, 6.07) is -10.7. The predicted octanol–water partition coefficient (Wildman–Crippen LogP) is -4.73. The van der Waals surface area contributed by atoms with E-state index < -0.39 is 194 Å². The molecule has 0 aromatic carbocycles. The molecule has 0 bridgehead atoms. The lowest BCUT2D eigenvalue weighted by atomic mass is 9.99. The molecular formula is C51H90N10O19. The van der Waals surface area contributed by atoms with Crippen LogP contribution in [0.25, 0.3) is 0 Å². The fourth-order valence-corrected chi connectivity index (χ4v) is 8.26. The number of ether oxygens (including phenoxy) is 4. The van der Waals surface area contributed by atoms with E-state index >= 15 is 0 Å². The summed E-state index contributed by atoms with van der Waals surface area (Å²) in [5.41, 5.74) is 6.61. The number of carboxylic acids is 1. The Bertz CT molecular complexity index is 2150. The lowest BCUT2D eigenvalue weighted by Crippen LogP contribution is -2.61. The molecule has 80 heavy (non-hydrogen) atoms. The molecule has 2 aliphatic rings. The van der Waals surface area contributed by atoms with Crippen LogP contribution in [0.1, 0.15) is 103 Å². The molecule has 0 spiro atoms. The molecule has 458 valence electrons. The minimum absolute atomic E-state index is 0.143. The number of rotatable bonds is 31. The number of carboxylic acid groups (broad SMARTS) is 1. The van der Waals surface area contributed by atoms with Crippen LogP contribution in [-0.4, -0.2) is 226 Å². The first-order chi connectivity index (χ1) is 37.2. The Kier molecular flexibility index (Phi) is 29.0. The standard InChI is InChI=1S/C51H90N10O19/c1-21(2)34(45(71)56-28(12)49(75)76)58-47(73)36(23(5)6)59-46(72)35(22(3)4)57-42(68)27(11)54-41(67)26(10)55-44(70)31-16-15-17-61(31)48(74)37(24(7)8)60-43(69)30(53-14)20-77-50(78-25(9)18-62)33(52)29(13)79-51-40(66)39(65)38(64)32(19-63)80-51/h22-33,35-40,50-51,53,62-66H,15-20,52H2,1-14H3,(H,54,67)(H,55,70)(H,56,71)(H,57,68)(H,58,73)(H,59,72)(H,60,69)(H,75,76)/t25?,26?,27?,28?,29?,30?,31?,32?,33?,35?,36-,37?,38?,39?,40?,50?,51?/m0/s1. The summed E-state index contributed by atoms with van der Waals surface area (Å²) in [6.07, 6.45) is -10.5. The van der Waals surface area contributed by atoms with Crippen LogP contribution in [0.3, 0.4) is 0 Å². The largest absolute Gasteiger partial charge is 0.480 e. The highest BCUT2D eigenvalue weighted by Gasteiger charge is 2.46. The summed E-state index contributed by atoms with van der Waals surface area (Å²) in [7, 11) is 1.46. The van der Waals surface area contributed by atoms with Gasteiger partial charge >= 0.3 is 5.97 Å². The van der Waals surface area contributed by atoms with Gasteiger partial charge in [-0.25, -0.2) is 0 Å². The first-order valence-corrected chi connectivity index (χ1v) is 26.9. The summed E-state index contributed by atoms with van der Waals surface area (Å²) in [6.45, 7) is 18.5. The van der Waals surface area contributed by atoms with Crippen molar-refractivity contribution in [2.75, 3.05) is 33.4 Å². The quantitative estimate of drug-likeness (QED) is 0.0229. The molecule has 2 saturated heterocycles. The number of aliphatic carboxylic acids is 1. The number of amides is 8. The van der Waals surface area contributed by atoms with Crippen LogP contribution in [0.5, 0.6) is 0 Å². The van der Waals surface area contributed by atoms with E-state index in [0.29, 0.717) is 12.0 Å². The highest BCUT2D eigenvalue weighted by molar-refractivity contribution is 6.02. The van der Waals surface area contributed by atoms with Gasteiger partial charge in [-0.15, -0.1) is 0 Å². The van der Waals surface area contributed by atoms with Gasteiger partial charge in [0.2, 0.25) is 41.4 Å². The maximum Gasteiger partial charge on any atom is 0.325 e. The number of nitrogens with two attached hydrogens (primary N) is 1. The van der Waals surface area contributed by atoms with E-state index in [1.54, 1.807) is 41.5 Å². The van der Waals surface area contributed by atoms with E-state index in [1.807, 2.05) is 0 Å². The molecular weight excluding hydrogens is 1060 g/mol. The number of hydrogen-bond donors (Lipinski definition) is 15. The Balaban J connectivity index is 2.11. The average molecular weight is 1150 g/mol.